The first-order chi connectivity index (χ1) is 11.0. The minimum absolute atomic E-state index is 0. The van der Waals surface area contributed by atoms with Gasteiger partial charge in [0.15, 0.2) is 0 Å². The second kappa shape index (κ2) is 10.00. The summed E-state index contributed by atoms with van der Waals surface area (Å²) in [5, 5.41) is 12.4. The van der Waals surface area contributed by atoms with Crippen LogP contribution in [-0.4, -0.2) is 27.5 Å². The Kier molecular flexibility index (Phi) is 8.71. The zero-order valence-electron chi connectivity index (χ0n) is 14.0. The smallest absolute Gasteiger partial charge is 0.240 e. The maximum absolute atomic E-state index is 12.4. The van der Waals surface area contributed by atoms with Crippen LogP contribution in [0.1, 0.15) is 49.7 Å². The number of halogens is 1. The molecule has 7 heteroatoms. The van der Waals surface area contributed by atoms with E-state index in [-0.39, 0.29) is 17.3 Å². The maximum Gasteiger partial charge on any atom is 0.240 e. The lowest BCUT2D eigenvalue weighted by molar-refractivity contribution is 0.461. The lowest BCUT2D eigenvalue weighted by Crippen LogP contribution is -2.37. The van der Waals surface area contributed by atoms with E-state index in [0.717, 1.165) is 0 Å². The highest BCUT2D eigenvalue weighted by Gasteiger charge is 2.17. The average Bonchev–Trinajstić information content (AvgIpc) is 2.80. The van der Waals surface area contributed by atoms with Crippen molar-refractivity contribution in [2.75, 3.05) is 13.1 Å². The summed E-state index contributed by atoms with van der Waals surface area (Å²) in [6.07, 6.45) is 7.47. The van der Waals surface area contributed by atoms with Gasteiger partial charge in [-0.05, 0) is 37.5 Å². The fourth-order valence-electron chi connectivity index (χ4n) is 2.98. The Morgan fingerprint density at radius 1 is 1.17 bits per heavy atom. The molecule has 0 radical (unpaired) electrons. The molecule has 0 unspecified atom stereocenters. The van der Waals surface area contributed by atoms with Crippen LogP contribution in [0.25, 0.3) is 0 Å². The van der Waals surface area contributed by atoms with Crippen molar-refractivity contribution in [1.82, 2.24) is 10.0 Å². The van der Waals surface area contributed by atoms with Crippen molar-refractivity contribution in [3.05, 3.63) is 29.3 Å². The molecule has 0 saturated heterocycles. The number of nitriles is 1. The molecule has 0 aliphatic heterocycles. The number of nitrogens with one attached hydrogen (secondary N) is 2. The minimum Gasteiger partial charge on any atom is -0.313 e. The van der Waals surface area contributed by atoms with Gasteiger partial charge in [-0.3, -0.25) is 0 Å². The lowest BCUT2D eigenvalue weighted by Gasteiger charge is -2.16. The van der Waals surface area contributed by atoms with Crippen LogP contribution in [0.4, 0.5) is 0 Å². The SMILES string of the molecule is Cc1ccc(C#N)cc1S(=O)(=O)NCCNC1CCCCCC1.Cl. The molecular formula is C17H26ClN3O2S. The second-order valence-electron chi connectivity index (χ2n) is 6.13. The number of hydrogen-bond donors (Lipinski definition) is 2. The van der Waals surface area contributed by atoms with Crippen LogP contribution >= 0.6 is 12.4 Å². The molecular weight excluding hydrogens is 346 g/mol. The van der Waals surface area contributed by atoms with Crippen LogP contribution in [0, 0.1) is 18.3 Å². The van der Waals surface area contributed by atoms with Crippen molar-refractivity contribution < 1.29 is 8.42 Å². The summed E-state index contributed by atoms with van der Waals surface area (Å²) in [6, 6.07) is 7.20. The van der Waals surface area contributed by atoms with Gasteiger partial charge in [0.2, 0.25) is 10.0 Å². The van der Waals surface area contributed by atoms with E-state index in [1.54, 1.807) is 19.1 Å². The summed E-state index contributed by atoms with van der Waals surface area (Å²) in [7, 11) is -3.57. The Balaban J connectivity index is 0.00000288. The van der Waals surface area contributed by atoms with Crippen molar-refractivity contribution in [2.45, 2.75) is 56.4 Å². The van der Waals surface area contributed by atoms with Crippen molar-refractivity contribution >= 4 is 22.4 Å². The Morgan fingerprint density at radius 2 is 1.83 bits per heavy atom. The molecule has 1 aliphatic carbocycles. The van der Waals surface area contributed by atoms with E-state index in [1.165, 1.54) is 44.6 Å². The molecule has 1 aliphatic rings. The third kappa shape index (κ3) is 6.06. The third-order valence-corrected chi connectivity index (χ3v) is 5.92. The molecule has 2 N–H and O–H groups in total. The molecule has 2 rings (SSSR count). The third-order valence-electron chi connectivity index (χ3n) is 4.31. The van der Waals surface area contributed by atoms with Gasteiger partial charge in [0, 0.05) is 19.1 Å². The fraction of sp³-hybridized carbons (Fsp3) is 0.588. The number of aryl methyl sites for hydroxylation is 1. The summed E-state index contributed by atoms with van der Waals surface area (Å²) in [4.78, 5) is 0.186. The first-order valence-corrected chi connectivity index (χ1v) is 9.75. The largest absolute Gasteiger partial charge is 0.313 e. The van der Waals surface area contributed by atoms with E-state index in [0.29, 0.717) is 30.3 Å². The lowest BCUT2D eigenvalue weighted by atomic mass is 10.1. The summed E-state index contributed by atoms with van der Waals surface area (Å²) in [5.41, 5.74) is 1.00. The minimum atomic E-state index is -3.57. The maximum atomic E-state index is 12.4. The first-order valence-electron chi connectivity index (χ1n) is 8.27. The number of nitrogens with zero attached hydrogens (tertiary/aromatic N) is 1. The van der Waals surface area contributed by atoms with Gasteiger partial charge in [-0.2, -0.15) is 5.26 Å². The van der Waals surface area contributed by atoms with E-state index in [4.69, 9.17) is 5.26 Å². The van der Waals surface area contributed by atoms with E-state index >= 15 is 0 Å². The van der Waals surface area contributed by atoms with Crippen molar-refractivity contribution in [2.24, 2.45) is 0 Å². The predicted molar refractivity (Wildman–Crippen MR) is 97.8 cm³/mol. The molecule has 1 aromatic rings. The summed E-state index contributed by atoms with van der Waals surface area (Å²) in [6.45, 7) is 2.72. The summed E-state index contributed by atoms with van der Waals surface area (Å²) in [5.74, 6) is 0. The predicted octanol–water partition coefficient (Wildman–Crippen LogP) is 2.88. The number of rotatable bonds is 6. The molecule has 1 aromatic carbocycles. The van der Waals surface area contributed by atoms with E-state index in [2.05, 4.69) is 10.0 Å². The van der Waals surface area contributed by atoms with Gasteiger partial charge in [-0.1, -0.05) is 31.7 Å². The molecule has 134 valence electrons. The molecule has 0 heterocycles. The molecule has 0 atom stereocenters. The normalized spacial score (nSPS) is 16.0. The molecule has 1 fully saturated rings. The van der Waals surface area contributed by atoms with Crippen LogP contribution in [0.5, 0.6) is 0 Å². The molecule has 0 spiro atoms. The quantitative estimate of drug-likeness (QED) is 0.595. The monoisotopic (exact) mass is 371 g/mol. The molecule has 0 bridgehead atoms. The summed E-state index contributed by atoms with van der Waals surface area (Å²) >= 11 is 0. The highest BCUT2D eigenvalue weighted by molar-refractivity contribution is 7.89. The van der Waals surface area contributed by atoms with E-state index < -0.39 is 10.0 Å². The second-order valence-corrected chi connectivity index (χ2v) is 7.87. The molecule has 24 heavy (non-hydrogen) atoms. The Bertz CT molecular complexity index is 663. The van der Waals surface area contributed by atoms with Crippen molar-refractivity contribution in [1.29, 1.82) is 5.26 Å². The zero-order chi connectivity index (χ0) is 16.7. The Morgan fingerprint density at radius 3 is 2.46 bits per heavy atom. The van der Waals surface area contributed by atoms with Crippen LogP contribution in [0.3, 0.4) is 0 Å². The highest BCUT2D eigenvalue weighted by atomic mass is 35.5. The standard InChI is InChI=1S/C17H25N3O2S.ClH/c1-14-8-9-15(13-18)12-17(14)23(21,22)20-11-10-19-16-6-4-2-3-5-7-16;/h8-9,12,16,19-20H,2-7,10-11H2,1H3;1H. The van der Waals surface area contributed by atoms with Gasteiger partial charge >= 0.3 is 0 Å². The van der Waals surface area contributed by atoms with Crippen LogP contribution < -0.4 is 10.0 Å². The molecule has 1 saturated carbocycles. The van der Waals surface area contributed by atoms with Crippen molar-refractivity contribution in [3.63, 3.8) is 0 Å². The van der Waals surface area contributed by atoms with E-state index in [1.807, 2.05) is 6.07 Å². The molecule has 0 amide bonds. The average molecular weight is 372 g/mol. The van der Waals surface area contributed by atoms with Gasteiger partial charge in [0.05, 0.1) is 16.5 Å². The number of sulfonamides is 1. The van der Waals surface area contributed by atoms with Crippen LogP contribution in [0.15, 0.2) is 23.1 Å². The summed E-state index contributed by atoms with van der Waals surface area (Å²) < 4.78 is 27.4. The van der Waals surface area contributed by atoms with Crippen LogP contribution in [-0.2, 0) is 10.0 Å². The van der Waals surface area contributed by atoms with Gasteiger partial charge < -0.3 is 5.32 Å². The fourth-order valence-corrected chi connectivity index (χ4v) is 4.28. The first kappa shape index (κ1) is 20.9. The topological polar surface area (TPSA) is 82.0 Å². The van der Waals surface area contributed by atoms with Gasteiger partial charge in [-0.15, -0.1) is 12.4 Å². The van der Waals surface area contributed by atoms with Gasteiger partial charge in [-0.25, -0.2) is 13.1 Å². The van der Waals surface area contributed by atoms with Crippen LogP contribution in [0.2, 0.25) is 0 Å². The van der Waals surface area contributed by atoms with Crippen molar-refractivity contribution in [3.8, 4) is 6.07 Å². The van der Waals surface area contributed by atoms with E-state index in [9.17, 15) is 8.42 Å². The Labute approximate surface area is 151 Å². The van der Waals surface area contributed by atoms with Gasteiger partial charge in [0.1, 0.15) is 0 Å². The zero-order valence-corrected chi connectivity index (χ0v) is 15.7. The molecule has 5 nitrogen and oxygen atoms in total. The number of hydrogen-bond acceptors (Lipinski definition) is 4. The highest BCUT2D eigenvalue weighted by Crippen LogP contribution is 2.17. The number of benzene rings is 1. The Hall–Kier alpha value is -1.13. The molecule has 0 aromatic heterocycles. The van der Waals surface area contributed by atoms with Gasteiger partial charge in [0.25, 0.3) is 0 Å².